The number of rotatable bonds is 5. The van der Waals surface area contributed by atoms with Crippen LogP contribution >= 0.6 is 0 Å². The quantitative estimate of drug-likeness (QED) is 0.511. The highest BCUT2D eigenvalue weighted by Crippen LogP contribution is 2.46. The van der Waals surface area contributed by atoms with Crippen molar-refractivity contribution in [2.24, 2.45) is 11.8 Å². The van der Waals surface area contributed by atoms with Crippen LogP contribution in [0.4, 0.5) is 24.7 Å². The molecule has 0 radical (unpaired) electrons. The maximum absolute atomic E-state index is 14.6. The molecule has 2 N–H and O–H groups in total. The molecular formula is C21H18F3N7. The van der Waals surface area contributed by atoms with Gasteiger partial charge < -0.3 is 15.2 Å². The van der Waals surface area contributed by atoms with Gasteiger partial charge in [-0.25, -0.2) is 22.8 Å². The molecule has 158 valence electrons. The van der Waals surface area contributed by atoms with E-state index >= 15 is 0 Å². The van der Waals surface area contributed by atoms with Crippen LogP contribution in [0, 0.1) is 29.3 Å². The lowest BCUT2D eigenvalue weighted by Crippen LogP contribution is -2.24. The van der Waals surface area contributed by atoms with Crippen LogP contribution in [0.5, 0.6) is 0 Å². The van der Waals surface area contributed by atoms with E-state index in [1.54, 1.807) is 18.6 Å². The van der Waals surface area contributed by atoms with Crippen molar-refractivity contribution in [3.63, 3.8) is 0 Å². The van der Waals surface area contributed by atoms with E-state index in [0.29, 0.717) is 52.2 Å². The van der Waals surface area contributed by atoms with Gasteiger partial charge in [-0.3, -0.25) is 0 Å². The van der Waals surface area contributed by atoms with Crippen LogP contribution in [-0.4, -0.2) is 38.1 Å². The first-order valence-corrected chi connectivity index (χ1v) is 10.1. The number of piperidine rings is 1. The predicted molar refractivity (Wildman–Crippen MR) is 108 cm³/mol. The number of H-pyrrole nitrogens is 1. The van der Waals surface area contributed by atoms with Gasteiger partial charge in [-0.1, -0.05) is 5.21 Å². The van der Waals surface area contributed by atoms with E-state index in [4.69, 9.17) is 0 Å². The molecule has 2 atom stereocenters. The molecule has 4 heterocycles. The van der Waals surface area contributed by atoms with E-state index in [2.05, 4.69) is 25.6 Å². The van der Waals surface area contributed by atoms with Crippen LogP contribution in [-0.2, 0) is 6.54 Å². The van der Waals surface area contributed by atoms with E-state index in [-0.39, 0.29) is 5.82 Å². The second-order valence-corrected chi connectivity index (χ2v) is 8.18. The second kappa shape index (κ2) is 6.73. The molecule has 0 spiro atoms. The van der Waals surface area contributed by atoms with Gasteiger partial charge in [-0.2, -0.15) is 0 Å². The fourth-order valence-electron chi connectivity index (χ4n) is 4.30. The number of hydrogen-bond acceptors (Lipinski definition) is 5. The van der Waals surface area contributed by atoms with Crippen molar-refractivity contribution < 1.29 is 13.2 Å². The van der Waals surface area contributed by atoms with E-state index in [1.165, 1.54) is 17.2 Å². The SMILES string of the molecule is Fc1cc2[nH]cc(NCc3cn(-c4cnc(N5CC6CC6C5)c(F)c4)nn3)c2cc1F. The highest BCUT2D eigenvalue weighted by atomic mass is 19.2. The van der Waals surface area contributed by atoms with Gasteiger partial charge >= 0.3 is 0 Å². The molecule has 1 aliphatic carbocycles. The number of halogens is 3. The zero-order valence-electron chi connectivity index (χ0n) is 16.3. The number of nitrogens with one attached hydrogen (secondary N) is 2. The summed E-state index contributed by atoms with van der Waals surface area (Å²) in [6.45, 7) is 2.05. The lowest BCUT2D eigenvalue weighted by atomic mass is 10.2. The molecule has 0 amide bonds. The minimum absolute atomic E-state index is 0.302. The smallest absolute Gasteiger partial charge is 0.167 e. The maximum atomic E-state index is 14.6. The summed E-state index contributed by atoms with van der Waals surface area (Å²) in [5, 5.41) is 11.8. The standard InChI is InChI=1S/C21H18F3N7/c22-16-3-15-19(4-17(16)23)26-7-20(15)25-5-13-10-31(29-28-13)14-2-18(24)21(27-6-14)30-8-11-1-12(11)9-30/h2-4,6-7,10-12,25-26H,1,5,8-9H2. The molecule has 1 saturated heterocycles. The molecule has 1 saturated carbocycles. The van der Waals surface area contributed by atoms with Crippen molar-refractivity contribution in [1.82, 2.24) is 25.0 Å². The Morgan fingerprint density at radius 3 is 2.68 bits per heavy atom. The van der Waals surface area contributed by atoms with Crippen LogP contribution in [0.1, 0.15) is 12.1 Å². The highest BCUT2D eigenvalue weighted by Gasteiger charge is 2.45. The van der Waals surface area contributed by atoms with E-state index < -0.39 is 11.6 Å². The average Bonchev–Trinajstić information content (AvgIpc) is 3.13. The summed E-state index contributed by atoms with van der Waals surface area (Å²) in [5.41, 5.74) is 2.18. The second-order valence-electron chi connectivity index (χ2n) is 8.18. The minimum Gasteiger partial charge on any atom is -0.378 e. The molecule has 1 aliphatic heterocycles. The van der Waals surface area contributed by atoms with Gasteiger partial charge in [-0.15, -0.1) is 5.10 Å². The molecule has 31 heavy (non-hydrogen) atoms. The summed E-state index contributed by atoms with van der Waals surface area (Å²) in [7, 11) is 0. The van der Waals surface area contributed by atoms with Crippen molar-refractivity contribution in [3.05, 3.63) is 59.9 Å². The third-order valence-corrected chi connectivity index (χ3v) is 6.07. The van der Waals surface area contributed by atoms with E-state index in [1.807, 2.05) is 4.90 Å². The van der Waals surface area contributed by atoms with Crippen molar-refractivity contribution in [2.75, 3.05) is 23.3 Å². The summed E-state index contributed by atoms with van der Waals surface area (Å²) >= 11 is 0. The molecule has 4 aromatic rings. The molecule has 7 nitrogen and oxygen atoms in total. The Balaban J connectivity index is 1.17. The summed E-state index contributed by atoms with van der Waals surface area (Å²) in [6.07, 6.45) is 6.14. The fraction of sp³-hybridized carbons (Fsp3) is 0.286. The first-order chi connectivity index (χ1) is 15.0. The molecular weight excluding hydrogens is 407 g/mol. The Bertz CT molecular complexity index is 1290. The minimum atomic E-state index is -0.912. The molecule has 2 aliphatic rings. The van der Waals surface area contributed by atoms with Crippen molar-refractivity contribution in [1.29, 1.82) is 0 Å². The van der Waals surface area contributed by atoms with Gasteiger partial charge in [0.2, 0.25) is 0 Å². The number of aromatic amines is 1. The van der Waals surface area contributed by atoms with Gasteiger partial charge in [0.25, 0.3) is 0 Å². The largest absolute Gasteiger partial charge is 0.378 e. The predicted octanol–water partition coefficient (Wildman–Crippen LogP) is 3.63. The monoisotopic (exact) mass is 425 g/mol. The van der Waals surface area contributed by atoms with E-state index in [9.17, 15) is 13.2 Å². The fourth-order valence-corrected chi connectivity index (χ4v) is 4.30. The summed E-state index contributed by atoms with van der Waals surface area (Å²) in [6, 6.07) is 3.66. The molecule has 10 heteroatoms. The zero-order chi connectivity index (χ0) is 21.1. The molecule has 1 aromatic carbocycles. The Kier molecular flexibility index (Phi) is 3.95. The van der Waals surface area contributed by atoms with Crippen LogP contribution in [0.3, 0.4) is 0 Å². The van der Waals surface area contributed by atoms with Crippen LogP contribution in [0.2, 0.25) is 0 Å². The average molecular weight is 425 g/mol. The molecule has 2 unspecified atom stereocenters. The van der Waals surface area contributed by atoms with Gasteiger partial charge in [-0.05, 0) is 24.3 Å². The Morgan fingerprint density at radius 1 is 1.06 bits per heavy atom. The lowest BCUT2D eigenvalue weighted by molar-refractivity contribution is 0.511. The van der Waals surface area contributed by atoms with Gasteiger partial charge in [0.15, 0.2) is 23.3 Å². The Labute approximate surface area is 174 Å². The number of benzene rings is 1. The maximum Gasteiger partial charge on any atom is 0.167 e. The van der Waals surface area contributed by atoms with Gasteiger partial charge in [0, 0.05) is 36.8 Å². The van der Waals surface area contributed by atoms with Crippen molar-refractivity contribution in [3.8, 4) is 5.69 Å². The number of hydrogen-bond donors (Lipinski definition) is 2. The third-order valence-electron chi connectivity index (χ3n) is 6.07. The van der Waals surface area contributed by atoms with Crippen LogP contribution in [0.15, 0.2) is 36.8 Å². The highest BCUT2D eigenvalue weighted by molar-refractivity contribution is 5.92. The van der Waals surface area contributed by atoms with E-state index in [0.717, 1.165) is 25.2 Å². The number of nitrogens with zero attached hydrogens (tertiary/aromatic N) is 5. The van der Waals surface area contributed by atoms with Gasteiger partial charge in [0.05, 0.1) is 35.8 Å². The first-order valence-electron chi connectivity index (χ1n) is 10.1. The Morgan fingerprint density at radius 2 is 1.87 bits per heavy atom. The topological polar surface area (TPSA) is 74.7 Å². The molecule has 2 fully saturated rings. The number of anilines is 2. The number of fused-ring (bicyclic) bond motifs is 2. The zero-order valence-corrected chi connectivity index (χ0v) is 16.3. The van der Waals surface area contributed by atoms with Crippen LogP contribution < -0.4 is 10.2 Å². The van der Waals surface area contributed by atoms with Gasteiger partial charge in [0.1, 0.15) is 5.69 Å². The third kappa shape index (κ3) is 3.18. The summed E-state index contributed by atoms with van der Waals surface area (Å²) < 4.78 is 43.0. The normalized spacial score (nSPS) is 19.8. The molecule has 6 rings (SSSR count). The summed E-state index contributed by atoms with van der Waals surface area (Å²) in [5.74, 6) is -0.414. The van der Waals surface area contributed by atoms with Crippen molar-refractivity contribution >= 4 is 22.4 Å². The lowest BCUT2D eigenvalue weighted by Gasteiger charge is -2.19. The number of aromatic nitrogens is 5. The molecule has 3 aromatic heterocycles. The molecule has 0 bridgehead atoms. The number of pyridine rings is 1. The summed E-state index contributed by atoms with van der Waals surface area (Å²) in [4.78, 5) is 9.22. The van der Waals surface area contributed by atoms with Crippen molar-refractivity contribution in [2.45, 2.75) is 13.0 Å². The first kappa shape index (κ1) is 18.2. The van der Waals surface area contributed by atoms with Crippen LogP contribution in [0.25, 0.3) is 16.6 Å². The Hall–Kier alpha value is -3.56.